The first-order valence-electron chi connectivity index (χ1n) is 5.81. The van der Waals surface area contributed by atoms with Gasteiger partial charge in [-0.2, -0.15) is 5.26 Å². The Labute approximate surface area is 101 Å². The second kappa shape index (κ2) is 4.72. The van der Waals surface area contributed by atoms with E-state index in [9.17, 15) is 4.39 Å². The fourth-order valence-corrected chi connectivity index (χ4v) is 2.21. The number of hydrogen-bond acceptors (Lipinski definition) is 3. The number of nitriles is 1. The summed E-state index contributed by atoms with van der Waals surface area (Å²) in [6.07, 6.45) is 0. The highest BCUT2D eigenvalue weighted by Crippen LogP contribution is 2.24. The lowest BCUT2D eigenvalue weighted by Crippen LogP contribution is -2.54. The smallest absolute Gasteiger partial charge is 0.124 e. The number of anilines is 1. The third kappa shape index (κ3) is 2.40. The van der Waals surface area contributed by atoms with Gasteiger partial charge in [-0.1, -0.05) is 0 Å². The maximum absolute atomic E-state index is 13.1. The van der Waals surface area contributed by atoms with Crippen LogP contribution < -0.4 is 10.2 Å². The van der Waals surface area contributed by atoms with Gasteiger partial charge in [-0.25, -0.2) is 4.39 Å². The number of halogens is 1. The summed E-state index contributed by atoms with van der Waals surface area (Å²) in [6, 6.07) is 7.16. The average molecular weight is 233 g/mol. The minimum Gasteiger partial charge on any atom is -0.365 e. The van der Waals surface area contributed by atoms with Gasteiger partial charge in [-0.15, -0.1) is 0 Å². The molecular formula is C13H16FN3. The average Bonchev–Trinajstić information content (AvgIpc) is 2.32. The van der Waals surface area contributed by atoms with Crippen LogP contribution in [0.2, 0.25) is 0 Å². The van der Waals surface area contributed by atoms with Gasteiger partial charge in [0.25, 0.3) is 0 Å². The number of nitrogens with one attached hydrogen (secondary N) is 1. The molecule has 0 saturated carbocycles. The van der Waals surface area contributed by atoms with Crippen LogP contribution in [0.4, 0.5) is 10.1 Å². The third-order valence-electron chi connectivity index (χ3n) is 3.15. The van der Waals surface area contributed by atoms with Gasteiger partial charge < -0.3 is 10.2 Å². The largest absolute Gasteiger partial charge is 0.365 e. The molecule has 4 heteroatoms. The molecule has 1 N–H and O–H groups in total. The first kappa shape index (κ1) is 11.9. The minimum absolute atomic E-state index is 0.309. The molecule has 90 valence electrons. The van der Waals surface area contributed by atoms with Crippen LogP contribution in [0, 0.1) is 17.1 Å². The van der Waals surface area contributed by atoms with Crippen LogP contribution in [0.1, 0.15) is 19.4 Å². The maximum atomic E-state index is 13.1. The van der Waals surface area contributed by atoms with Gasteiger partial charge >= 0.3 is 0 Å². The van der Waals surface area contributed by atoms with Crippen molar-refractivity contribution in [1.29, 1.82) is 5.26 Å². The normalized spacial score (nSPS) is 24.5. The summed E-state index contributed by atoms with van der Waals surface area (Å²) in [7, 11) is 0. The van der Waals surface area contributed by atoms with Crippen LogP contribution in [-0.4, -0.2) is 25.2 Å². The molecular weight excluding hydrogens is 217 g/mol. The number of hydrogen-bond donors (Lipinski definition) is 1. The lowest BCUT2D eigenvalue weighted by atomic mass is 10.1. The summed E-state index contributed by atoms with van der Waals surface area (Å²) in [5.74, 6) is -0.360. The number of nitrogens with zero attached hydrogens (tertiary/aromatic N) is 2. The van der Waals surface area contributed by atoms with Gasteiger partial charge in [0.05, 0.1) is 11.3 Å². The molecule has 2 atom stereocenters. The van der Waals surface area contributed by atoms with Crippen LogP contribution in [0.3, 0.4) is 0 Å². The van der Waals surface area contributed by atoms with E-state index in [1.54, 1.807) is 6.07 Å². The molecule has 0 amide bonds. The van der Waals surface area contributed by atoms with E-state index in [-0.39, 0.29) is 5.82 Å². The minimum atomic E-state index is -0.360. The molecule has 0 radical (unpaired) electrons. The highest BCUT2D eigenvalue weighted by atomic mass is 19.1. The molecule has 0 spiro atoms. The number of rotatable bonds is 1. The Hall–Kier alpha value is -1.60. The van der Waals surface area contributed by atoms with Crippen molar-refractivity contribution in [1.82, 2.24) is 5.32 Å². The Balaban J connectivity index is 2.35. The molecule has 3 nitrogen and oxygen atoms in total. The standard InChI is InChI=1S/C13H16FN3/c1-9-8-17(10(2)7-16-9)13-4-3-12(14)5-11(13)6-15/h3-5,9-10,16H,7-8H2,1-2H3. The van der Waals surface area contributed by atoms with Gasteiger partial charge in [-0.05, 0) is 32.0 Å². The van der Waals surface area contributed by atoms with Gasteiger partial charge in [0.1, 0.15) is 11.9 Å². The van der Waals surface area contributed by atoms with E-state index in [2.05, 4.69) is 30.1 Å². The summed E-state index contributed by atoms with van der Waals surface area (Å²) in [6.45, 7) is 5.92. The SMILES string of the molecule is CC1CN(c2ccc(F)cc2C#N)C(C)CN1. The van der Waals surface area contributed by atoms with Crippen LogP contribution in [0.25, 0.3) is 0 Å². The fraction of sp³-hybridized carbons (Fsp3) is 0.462. The summed E-state index contributed by atoms with van der Waals surface area (Å²) < 4.78 is 13.1. The van der Waals surface area contributed by atoms with Crippen LogP contribution in [0.15, 0.2) is 18.2 Å². The van der Waals surface area contributed by atoms with Crippen molar-refractivity contribution >= 4 is 5.69 Å². The maximum Gasteiger partial charge on any atom is 0.124 e. The van der Waals surface area contributed by atoms with Gasteiger partial charge in [0.2, 0.25) is 0 Å². The molecule has 2 rings (SSSR count). The Morgan fingerprint density at radius 3 is 2.94 bits per heavy atom. The Morgan fingerprint density at radius 2 is 2.24 bits per heavy atom. The topological polar surface area (TPSA) is 39.1 Å². The van der Waals surface area contributed by atoms with Crippen LogP contribution >= 0.6 is 0 Å². The molecule has 0 bridgehead atoms. The third-order valence-corrected chi connectivity index (χ3v) is 3.15. The van der Waals surface area contributed by atoms with E-state index < -0.39 is 0 Å². The number of piperazine rings is 1. The molecule has 1 aromatic carbocycles. The summed E-state index contributed by atoms with van der Waals surface area (Å²) >= 11 is 0. The summed E-state index contributed by atoms with van der Waals surface area (Å²) in [5, 5.41) is 12.4. The Bertz CT molecular complexity index is 452. The van der Waals surface area contributed by atoms with E-state index in [1.807, 2.05) is 0 Å². The molecule has 2 unspecified atom stereocenters. The molecule has 17 heavy (non-hydrogen) atoms. The van der Waals surface area contributed by atoms with Gasteiger partial charge in [0.15, 0.2) is 0 Å². The molecule has 1 aromatic rings. The highest BCUT2D eigenvalue weighted by molar-refractivity contribution is 5.60. The van der Waals surface area contributed by atoms with Crippen LogP contribution in [-0.2, 0) is 0 Å². The monoisotopic (exact) mass is 233 g/mol. The van der Waals surface area contributed by atoms with Crippen molar-refractivity contribution in [3.8, 4) is 6.07 Å². The van der Waals surface area contributed by atoms with Crippen LogP contribution in [0.5, 0.6) is 0 Å². The molecule has 1 heterocycles. The van der Waals surface area contributed by atoms with Gasteiger partial charge in [0, 0.05) is 25.2 Å². The zero-order valence-electron chi connectivity index (χ0n) is 10.1. The van der Waals surface area contributed by atoms with Crippen molar-refractivity contribution < 1.29 is 4.39 Å². The lowest BCUT2D eigenvalue weighted by Gasteiger charge is -2.39. The summed E-state index contributed by atoms with van der Waals surface area (Å²) in [4.78, 5) is 2.17. The highest BCUT2D eigenvalue weighted by Gasteiger charge is 2.24. The zero-order valence-corrected chi connectivity index (χ0v) is 10.1. The molecule has 0 aliphatic carbocycles. The molecule has 1 fully saturated rings. The second-order valence-corrected chi connectivity index (χ2v) is 4.58. The van der Waals surface area contributed by atoms with E-state index in [4.69, 9.17) is 5.26 Å². The zero-order chi connectivity index (χ0) is 12.4. The predicted molar refractivity (Wildman–Crippen MR) is 65.4 cm³/mol. The van der Waals surface area contributed by atoms with Crippen molar-refractivity contribution in [3.05, 3.63) is 29.6 Å². The predicted octanol–water partition coefficient (Wildman–Crippen LogP) is 1.88. The molecule has 1 saturated heterocycles. The lowest BCUT2D eigenvalue weighted by molar-refractivity contribution is 0.425. The first-order chi connectivity index (χ1) is 8.11. The Morgan fingerprint density at radius 1 is 1.47 bits per heavy atom. The van der Waals surface area contributed by atoms with Gasteiger partial charge in [-0.3, -0.25) is 0 Å². The second-order valence-electron chi connectivity index (χ2n) is 4.58. The van der Waals surface area contributed by atoms with E-state index in [0.717, 1.165) is 18.8 Å². The molecule has 0 aromatic heterocycles. The van der Waals surface area contributed by atoms with E-state index >= 15 is 0 Å². The summed E-state index contributed by atoms with van der Waals surface area (Å²) in [5.41, 5.74) is 1.24. The van der Waals surface area contributed by atoms with E-state index in [0.29, 0.717) is 17.6 Å². The first-order valence-corrected chi connectivity index (χ1v) is 5.81. The Kier molecular flexibility index (Phi) is 3.30. The van der Waals surface area contributed by atoms with E-state index in [1.165, 1.54) is 12.1 Å². The molecule has 1 aliphatic heterocycles. The van der Waals surface area contributed by atoms with Crippen molar-refractivity contribution in [2.45, 2.75) is 25.9 Å². The van der Waals surface area contributed by atoms with Crippen molar-refractivity contribution in [3.63, 3.8) is 0 Å². The van der Waals surface area contributed by atoms with Crippen molar-refractivity contribution in [2.75, 3.05) is 18.0 Å². The van der Waals surface area contributed by atoms with Crippen molar-refractivity contribution in [2.24, 2.45) is 0 Å². The fourth-order valence-electron chi connectivity index (χ4n) is 2.21. The molecule has 1 aliphatic rings. The number of benzene rings is 1. The quantitative estimate of drug-likeness (QED) is 0.805.